The summed E-state index contributed by atoms with van der Waals surface area (Å²) >= 11 is 5.88. The molecule has 0 spiro atoms. The van der Waals surface area contributed by atoms with Crippen molar-refractivity contribution in [2.24, 2.45) is 11.3 Å². The van der Waals surface area contributed by atoms with E-state index in [1.54, 1.807) is 0 Å². The van der Waals surface area contributed by atoms with Crippen LogP contribution in [0.15, 0.2) is 24.3 Å². The van der Waals surface area contributed by atoms with Crippen LogP contribution in [0.2, 0.25) is 5.02 Å². The molecule has 0 heterocycles. The van der Waals surface area contributed by atoms with Crippen LogP contribution in [0.3, 0.4) is 0 Å². The molecule has 1 aliphatic carbocycles. The van der Waals surface area contributed by atoms with Crippen LogP contribution in [0.25, 0.3) is 0 Å². The molecule has 1 nitrogen and oxygen atoms in total. The molecule has 1 saturated carbocycles. The van der Waals surface area contributed by atoms with E-state index in [1.807, 2.05) is 12.1 Å². The van der Waals surface area contributed by atoms with E-state index in [0.717, 1.165) is 23.9 Å². The molecule has 1 aromatic rings. The van der Waals surface area contributed by atoms with E-state index in [2.05, 4.69) is 38.2 Å². The molecule has 0 aromatic heterocycles. The van der Waals surface area contributed by atoms with Crippen LogP contribution < -0.4 is 5.32 Å². The molecule has 1 aliphatic rings. The van der Waals surface area contributed by atoms with Gasteiger partial charge in [0.1, 0.15) is 0 Å². The van der Waals surface area contributed by atoms with Crippen molar-refractivity contribution in [2.45, 2.75) is 46.1 Å². The van der Waals surface area contributed by atoms with E-state index in [1.165, 1.54) is 18.4 Å². The van der Waals surface area contributed by atoms with E-state index in [0.29, 0.717) is 11.5 Å². The third kappa shape index (κ3) is 3.73. The number of benzene rings is 1. The SMILES string of the molecule is CC1CC(C)(C)CC1NCCc1ccc(Cl)cc1. The first kappa shape index (κ1) is 13.9. The Hall–Kier alpha value is -0.530. The van der Waals surface area contributed by atoms with Gasteiger partial charge in [-0.1, -0.05) is 44.5 Å². The van der Waals surface area contributed by atoms with Crippen molar-refractivity contribution < 1.29 is 0 Å². The maximum atomic E-state index is 5.88. The highest BCUT2D eigenvalue weighted by Crippen LogP contribution is 2.40. The van der Waals surface area contributed by atoms with Crippen LogP contribution in [0.4, 0.5) is 0 Å². The molecular formula is C16H24ClN. The summed E-state index contributed by atoms with van der Waals surface area (Å²) in [6.45, 7) is 8.19. The van der Waals surface area contributed by atoms with E-state index in [4.69, 9.17) is 11.6 Å². The van der Waals surface area contributed by atoms with Gasteiger partial charge in [0.15, 0.2) is 0 Å². The highest BCUT2D eigenvalue weighted by molar-refractivity contribution is 6.30. The molecule has 0 saturated heterocycles. The Balaban J connectivity index is 1.77. The van der Waals surface area contributed by atoms with Crippen LogP contribution >= 0.6 is 11.6 Å². The Kier molecular flexibility index (Phi) is 4.34. The molecule has 0 aliphatic heterocycles. The zero-order valence-corrected chi connectivity index (χ0v) is 12.4. The summed E-state index contributed by atoms with van der Waals surface area (Å²) in [5.74, 6) is 0.796. The minimum Gasteiger partial charge on any atom is -0.313 e. The predicted molar refractivity (Wildman–Crippen MR) is 79.1 cm³/mol. The summed E-state index contributed by atoms with van der Waals surface area (Å²) in [5.41, 5.74) is 1.87. The lowest BCUT2D eigenvalue weighted by atomic mass is 9.91. The van der Waals surface area contributed by atoms with Crippen molar-refractivity contribution in [3.05, 3.63) is 34.9 Å². The molecule has 0 radical (unpaired) electrons. The van der Waals surface area contributed by atoms with Gasteiger partial charge in [0.2, 0.25) is 0 Å². The van der Waals surface area contributed by atoms with Crippen molar-refractivity contribution in [2.75, 3.05) is 6.54 Å². The first-order chi connectivity index (χ1) is 8.46. The van der Waals surface area contributed by atoms with Gasteiger partial charge in [-0.2, -0.15) is 0 Å². The summed E-state index contributed by atoms with van der Waals surface area (Å²) in [6, 6.07) is 8.86. The van der Waals surface area contributed by atoms with E-state index in [9.17, 15) is 0 Å². The molecule has 100 valence electrons. The van der Waals surface area contributed by atoms with Crippen molar-refractivity contribution in [1.29, 1.82) is 0 Å². The lowest BCUT2D eigenvalue weighted by Gasteiger charge is -2.18. The third-order valence-electron chi connectivity index (χ3n) is 4.07. The zero-order chi connectivity index (χ0) is 13.2. The number of halogens is 1. The number of nitrogens with one attached hydrogen (secondary N) is 1. The van der Waals surface area contributed by atoms with Crippen LogP contribution in [0, 0.1) is 11.3 Å². The minimum absolute atomic E-state index is 0.511. The molecule has 2 heteroatoms. The molecule has 2 rings (SSSR count). The van der Waals surface area contributed by atoms with E-state index in [-0.39, 0.29) is 0 Å². The van der Waals surface area contributed by atoms with Gasteiger partial charge in [0, 0.05) is 11.1 Å². The van der Waals surface area contributed by atoms with Gasteiger partial charge in [-0.05, 0) is 54.8 Å². The van der Waals surface area contributed by atoms with Crippen LogP contribution in [-0.2, 0) is 6.42 Å². The van der Waals surface area contributed by atoms with Crippen LogP contribution in [-0.4, -0.2) is 12.6 Å². The first-order valence-electron chi connectivity index (χ1n) is 6.94. The monoisotopic (exact) mass is 265 g/mol. The average Bonchev–Trinajstić information content (AvgIpc) is 2.55. The van der Waals surface area contributed by atoms with Crippen LogP contribution in [0.5, 0.6) is 0 Å². The largest absolute Gasteiger partial charge is 0.313 e. The summed E-state index contributed by atoms with van der Waals surface area (Å²) in [4.78, 5) is 0. The summed E-state index contributed by atoms with van der Waals surface area (Å²) in [6.07, 6.45) is 3.72. The first-order valence-corrected chi connectivity index (χ1v) is 7.32. The standard InChI is InChI=1S/C16H24ClN/c1-12-10-16(2,3)11-15(12)18-9-8-13-4-6-14(17)7-5-13/h4-7,12,15,18H,8-11H2,1-3H3. The lowest BCUT2D eigenvalue weighted by Crippen LogP contribution is -2.33. The van der Waals surface area contributed by atoms with Gasteiger partial charge in [0.25, 0.3) is 0 Å². The predicted octanol–water partition coefficient (Wildman–Crippen LogP) is 4.30. The Morgan fingerprint density at radius 2 is 1.89 bits per heavy atom. The van der Waals surface area contributed by atoms with Crippen molar-refractivity contribution in [3.8, 4) is 0 Å². The van der Waals surface area contributed by atoms with Crippen molar-refractivity contribution >= 4 is 11.6 Å². The highest BCUT2D eigenvalue weighted by atomic mass is 35.5. The molecule has 0 amide bonds. The topological polar surface area (TPSA) is 12.0 Å². The molecule has 2 atom stereocenters. The van der Waals surface area contributed by atoms with Crippen molar-refractivity contribution in [3.63, 3.8) is 0 Å². The van der Waals surface area contributed by atoms with Gasteiger partial charge in [-0.25, -0.2) is 0 Å². The fraction of sp³-hybridized carbons (Fsp3) is 0.625. The number of hydrogen-bond acceptors (Lipinski definition) is 1. The second kappa shape index (κ2) is 5.63. The Labute approximate surface area is 116 Å². The molecule has 18 heavy (non-hydrogen) atoms. The Morgan fingerprint density at radius 3 is 2.44 bits per heavy atom. The maximum Gasteiger partial charge on any atom is 0.0406 e. The molecular weight excluding hydrogens is 242 g/mol. The lowest BCUT2D eigenvalue weighted by molar-refractivity contribution is 0.362. The summed E-state index contributed by atoms with van der Waals surface area (Å²) in [5, 5.41) is 4.53. The minimum atomic E-state index is 0.511. The molecule has 1 fully saturated rings. The number of hydrogen-bond donors (Lipinski definition) is 1. The zero-order valence-electron chi connectivity index (χ0n) is 11.7. The summed E-state index contributed by atoms with van der Waals surface area (Å²) in [7, 11) is 0. The maximum absolute atomic E-state index is 5.88. The van der Waals surface area contributed by atoms with Gasteiger partial charge in [0.05, 0.1) is 0 Å². The second-order valence-corrected chi connectivity index (χ2v) is 6.92. The van der Waals surface area contributed by atoms with Gasteiger partial charge in [-0.15, -0.1) is 0 Å². The molecule has 1 aromatic carbocycles. The van der Waals surface area contributed by atoms with E-state index >= 15 is 0 Å². The smallest absolute Gasteiger partial charge is 0.0406 e. The molecule has 0 bridgehead atoms. The van der Waals surface area contributed by atoms with Gasteiger partial charge >= 0.3 is 0 Å². The normalized spacial score (nSPS) is 26.4. The quantitative estimate of drug-likeness (QED) is 0.856. The average molecular weight is 266 g/mol. The summed E-state index contributed by atoms with van der Waals surface area (Å²) < 4.78 is 0. The third-order valence-corrected chi connectivity index (χ3v) is 4.32. The number of rotatable bonds is 4. The van der Waals surface area contributed by atoms with E-state index < -0.39 is 0 Å². The Bertz CT molecular complexity index is 383. The van der Waals surface area contributed by atoms with Crippen LogP contribution in [0.1, 0.15) is 39.2 Å². The highest BCUT2D eigenvalue weighted by Gasteiger charge is 2.35. The second-order valence-electron chi connectivity index (χ2n) is 6.49. The van der Waals surface area contributed by atoms with Gasteiger partial charge in [-0.3, -0.25) is 0 Å². The van der Waals surface area contributed by atoms with Gasteiger partial charge < -0.3 is 5.32 Å². The van der Waals surface area contributed by atoms with Crippen molar-refractivity contribution in [1.82, 2.24) is 5.32 Å². The Morgan fingerprint density at radius 1 is 1.22 bits per heavy atom. The fourth-order valence-electron chi connectivity index (χ4n) is 3.22. The molecule has 2 unspecified atom stereocenters. The molecule has 1 N–H and O–H groups in total. The fourth-order valence-corrected chi connectivity index (χ4v) is 3.35.